The molecule has 2 rings (SSSR count). The van der Waals surface area contributed by atoms with Crippen molar-refractivity contribution in [1.29, 1.82) is 0 Å². The zero-order valence-corrected chi connectivity index (χ0v) is 18.6. The molecule has 0 unspecified atom stereocenters. The average Bonchev–Trinajstić information content (AvgIpc) is 2.69. The zero-order valence-electron chi connectivity index (χ0n) is 17.7. The molecule has 2 aromatic carbocycles. The number of amides is 2. The number of aryl methyl sites for hydroxylation is 1. The summed E-state index contributed by atoms with van der Waals surface area (Å²) in [6.07, 6.45) is 2.59. The Morgan fingerprint density at radius 2 is 1.79 bits per heavy atom. The number of nitrogens with one attached hydrogen (secondary N) is 3. The van der Waals surface area contributed by atoms with Gasteiger partial charge in [-0.25, -0.2) is 0 Å². The molecule has 3 N–H and O–H groups in total. The highest BCUT2D eigenvalue weighted by Crippen LogP contribution is 2.09. The third kappa shape index (κ3) is 7.55. The molecule has 29 heavy (non-hydrogen) atoms. The third-order valence-corrected chi connectivity index (χ3v) is 5.27. The lowest BCUT2D eigenvalue weighted by Crippen LogP contribution is -3.04. The predicted octanol–water partition coefficient (Wildman–Crippen LogP) is 1.81. The van der Waals surface area contributed by atoms with E-state index in [4.69, 9.17) is 0 Å². The maximum atomic E-state index is 12.8. The second kappa shape index (κ2) is 11.6. The molecule has 0 saturated carbocycles. The number of benzene rings is 2. The normalized spacial score (nSPS) is 11.9. The molecule has 6 heteroatoms. The summed E-state index contributed by atoms with van der Waals surface area (Å²) >= 11 is 1.66. The molecule has 0 spiro atoms. The van der Waals surface area contributed by atoms with Gasteiger partial charge in [0.15, 0.2) is 0 Å². The quantitative estimate of drug-likeness (QED) is 0.556. The summed E-state index contributed by atoms with van der Waals surface area (Å²) in [5.74, 6) is 0.436. The van der Waals surface area contributed by atoms with Crippen molar-refractivity contribution in [1.82, 2.24) is 10.6 Å². The van der Waals surface area contributed by atoms with Crippen LogP contribution in [0.5, 0.6) is 0 Å². The molecule has 5 nitrogen and oxygen atoms in total. The van der Waals surface area contributed by atoms with Gasteiger partial charge in [0.2, 0.25) is 5.91 Å². The molecule has 0 fully saturated rings. The average molecular weight is 415 g/mol. The molecule has 0 heterocycles. The van der Waals surface area contributed by atoms with Crippen LogP contribution in [0.2, 0.25) is 0 Å². The Kier molecular flexibility index (Phi) is 9.22. The number of hydrogen-bond acceptors (Lipinski definition) is 3. The number of hydrogen-bond donors (Lipinski definition) is 3. The highest BCUT2D eigenvalue weighted by atomic mass is 32.2. The first-order valence-electron chi connectivity index (χ1n) is 9.90. The largest absolute Gasteiger partial charge is 0.350 e. The van der Waals surface area contributed by atoms with Gasteiger partial charge in [-0.1, -0.05) is 42.0 Å². The van der Waals surface area contributed by atoms with Gasteiger partial charge in [0.05, 0.1) is 14.1 Å². The predicted molar refractivity (Wildman–Crippen MR) is 120 cm³/mol. The molecule has 0 radical (unpaired) electrons. The van der Waals surface area contributed by atoms with Crippen LogP contribution in [-0.2, 0) is 17.9 Å². The fraction of sp³-hybridized carbons (Fsp3) is 0.391. The summed E-state index contributed by atoms with van der Waals surface area (Å²) in [7, 11) is 4.21. The van der Waals surface area contributed by atoms with Crippen LogP contribution in [0, 0.1) is 6.92 Å². The minimum atomic E-state index is -0.554. The van der Waals surface area contributed by atoms with Crippen LogP contribution >= 0.6 is 11.8 Å². The Morgan fingerprint density at radius 3 is 2.45 bits per heavy atom. The first-order valence-corrected chi connectivity index (χ1v) is 11.3. The van der Waals surface area contributed by atoms with E-state index in [0.29, 0.717) is 18.5 Å². The summed E-state index contributed by atoms with van der Waals surface area (Å²) in [4.78, 5) is 26.8. The van der Waals surface area contributed by atoms with Crippen LogP contribution in [-0.4, -0.2) is 44.0 Å². The van der Waals surface area contributed by atoms with E-state index in [1.54, 1.807) is 17.8 Å². The number of quaternary nitrogens is 1. The first kappa shape index (κ1) is 23.0. The summed E-state index contributed by atoms with van der Waals surface area (Å²) < 4.78 is 0. The number of thioether (sulfide) groups is 1. The zero-order chi connectivity index (χ0) is 21.2. The minimum absolute atomic E-state index is 0.146. The number of carbonyl (C=O) groups is 2. The molecule has 2 amide bonds. The van der Waals surface area contributed by atoms with Crippen molar-refractivity contribution in [2.45, 2.75) is 32.5 Å². The van der Waals surface area contributed by atoms with Crippen molar-refractivity contribution in [3.05, 3.63) is 70.8 Å². The van der Waals surface area contributed by atoms with Gasteiger partial charge in [0.1, 0.15) is 12.6 Å². The second-order valence-corrected chi connectivity index (χ2v) is 8.53. The Bertz CT molecular complexity index is 823. The minimum Gasteiger partial charge on any atom is -0.350 e. The van der Waals surface area contributed by atoms with Gasteiger partial charge in [-0.05, 0) is 43.0 Å². The van der Waals surface area contributed by atoms with Gasteiger partial charge >= 0.3 is 0 Å². The van der Waals surface area contributed by atoms with Crippen molar-refractivity contribution < 1.29 is 14.5 Å². The highest BCUT2D eigenvalue weighted by Gasteiger charge is 2.21. The van der Waals surface area contributed by atoms with E-state index < -0.39 is 6.04 Å². The van der Waals surface area contributed by atoms with Crippen LogP contribution in [0.4, 0.5) is 0 Å². The van der Waals surface area contributed by atoms with E-state index in [0.717, 1.165) is 23.4 Å². The van der Waals surface area contributed by atoms with E-state index >= 15 is 0 Å². The topological polar surface area (TPSA) is 62.6 Å². The Balaban J connectivity index is 2.04. The summed E-state index contributed by atoms with van der Waals surface area (Å²) in [6.45, 7) is 3.30. The summed E-state index contributed by atoms with van der Waals surface area (Å²) in [6, 6.07) is 15.0. The monoisotopic (exact) mass is 414 g/mol. The van der Waals surface area contributed by atoms with Gasteiger partial charge in [0, 0.05) is 17.7 Å². The highest BCUT2D eigenvalue weighted by molar-refractivity contribution is 7.98. The maximum absolute atomic E-state index is 12.8. The van der Waals surface area contributed by atoms with Crippen LogP contribution in [0.3, 0.4) is 0 Å². The summed E-state index contributed by atoms with van der Waals surface area (Å²) in [5.41, 5.74) is 3.92. The Morgan fingerprint density at radius 1 is 1.07 bits per heavy atom. The van der Waals surface area contributed by atoms with Gasteiger partial charge in [-0.2, -0.15) is 11.8 Å². The van der Waals surface area contributed by atoms with E-state index in [1.807, 2.05) is 49.6 Å². The molecule has 0 aromatic heterocycles. The van der Waals surface area contributed by atoms with E-state index in [2.05, 4.69) is 30.8 Å². The molecule has 2 aromatic rings. The first-order chi connectivity index (χ1) is 13.9. The lowest BCUT2D eigenvalue weighted by atomic mass is 10.1. The van der Waals surface area contributed by atoms with Crippen molar-refractivity contribution >= 4 is 23.6 Å². The van der Waals surface area contributed by atoms with Gasteiger partial charge in [-0.3, -0.25) is 9.59 Å². The molecule has 0 bridgehead atoms. The SMILES string of the molecule is CSCC[C@@H](NC(=O)c1cccc(C)c1)C(=O)NCc1ccccc1C[NH+](C)C. The van der Waals surface area contributed by atoms with E-state index in [-0.39, 0.29) is 11.8 Å². The van der Waals surface area contributed by atoms with Crippen LogP contribution in [0.1, 0.15) is 33.5 Å². The fourth-order valence-electron chi connectivity index (χ4n) is 3.12. The van der Waals surface area contributed by atoms with Gasteiger partial charge < -0.3 is 15.5 Å². The van der Waals surface area contributed by atoms with Crippen molar-refractivity contribution in [3.8, 4) is 0 Å². The summed E-state index contributed by atoms with van der Waals surface area (Å²) in [5, 5.41) is 5.93. The fourth-order valence-corrected chi connectivity index (χ4v) is 3.59. The number of rotatable bonds is 10. The third-order valence-electron chi connectivity index (χ3n) is 4.63. The van der Waals surface area contributed by atoms with Crippen molar-refractivity contribution in [2.24, 2.45) is 0 Å². The molecule has 0 aliphatic heterocycles. The molecule has 0 aliphatic carbocycles. The van der Waals surface area contributed by atoms with Crippen molar-refractivity contribution in [2.75, 3.05) is 26.1 Å². The molecule has 1 atom stereocenters. The molecular weight excluding hydrogens is 382 g/mol. The Labute approximate surface area is 178 Å². The van der Waals surface area contributed by atoms with E-state index in [1.165, 1.54) is 10.5 Å². The van der Waals surface area contributed by atoms with Crippen LogP contribution < -0.4 is 15.5 Å². The lowest BCUT2D eigenvalue weighted by molar-refractivity contribution is -0.872. The van der Waals surface area contributed by atoms with Crippen molar-refractivity contribution in [3.63, 3.8) is 0 Å². The second-order valence-electron chi connectivity index (χ2n) is 7.55. The molecule has 0 aliphatic rings. The molecule has 156 valence electrons. The smallest absolute Gasteiger partial charge is 0.251 e. The lowest BCUT2D eigenvalue weighted by Gasteiger charge is -2.19. The van der Waals surface area contributed by atoms with Gasteiger partial charge in [0.25, 0.3) is 5.91 Å². The Hall–Kier alpha value is -2.31. The van der Waals surface area contributed by atoms with Crippen LogP contribution in [0.15, 0.2) is 48.5 Å². The molecular formula is C23H32N3O2S+. The number of carbonyl (C=O) groups excluding carboxylic acids is 2. The standard InChI is InChI=1S/C23H31N3O2S/c1-17-8-7-11-18(14-17)22(27)25-21(12-13-29-4)23(28)24-15-19-9-5-6-10-20(19)16-26(2)3/h5-11,14,21H,12-13,15-16H2,1-4H3,(H,24,28)(H,25,27)/p+1/t21-/m1/s1. The van der Waals surface area contributed by atoms with E-state index in [9.17, 15) is 9.59 Å². The van der Waals surface area contributed by atoms with Crippen LogP contribution in [0.25, 0.3) is 0 Å². The molecule has 0 saturated heterocycles. The van der Waals surface area contributed by atoms with Gasteiger partial charge in [-0.15, -0.1) is 0 Å². The maximum Gasteiger partial charge on any atom is 0.251 e.